The summed E-state index contributed by atoms with van der Waals surface area (Å²) in [7, 11) is 0. The van der Waals surface area contributed by atoms with Crippen molar-refractivity contribution < 1.29 is 0 Å². The maximum absolute atomic E-state index is 4.43. The Morgan fingerprint density at radius 1 is 1.18 bits per heavy atom. The third-order valence-corrected chi connectivity index (χ3v) is 3.26. The molecule has 0 bridgehead atoms. The Morgan fingerprint density at radius 2 is 2.12 bits per heavy atom. The lowest BCUT2D eigenvalue weighted by molar-refractivity contribution is 0.775. The van der Waals surface area contributed by atoms with Crippen LogP contribution in [0, 0.1) is 13.3 Å². The zero-order valence-corrected chi connectivity index (χ0v) is 10.0. The molecule has 0 fully saturated rings. The number of hydrogen-bond donors (Lipinski definition) is 0. The first-order valence-corrected chi connectivity index (χ1v) is 6.13. The molecule has 1 aromatic carbocycles. The molecule has 0 N–H and O–H groups in total. The molecule has 0 amide bonds. The fraction of sp³-hybridized carbons (Fsp3) is 0.250. The van der Waals surface area contributed by atoms with Crippen molar-refractivity contribution in [2.45, 2.75) is 26.2 Å². The maximum atomic E-state index is 4.43. The van der Waals surface area contributed by atoms with Crippen molar-refractivity contribution in [3.05, 3.63) is 59.6 Å². The van der Waals surface area contributed by atoms with Crippen LogP contribution in [0.2, 0.25) is 0 Å². The number of fused-ring (bicyclic) bond motifs is 1. The zero-order chi connectivity index (χ0) is 11.7. The highest BCUT2D eigenvalue weighted by Crippen LogP contribution is 2.27. The molecule has 1 heteroatoms. The molecule has 1 heterocycles. The van der Waals surface area contributed by atoms with E-state index in [0.717, 1.165) is 12.1 Å². The number of hydrogen-bond acceptors (Lipinski definition) is 1. The molecule has 84 valence electrons. The summed E-state index contributed by atoms with van der Waals surface area (Å²) in [5.74, 6) is 0. The van der Waals surface area contributed by atoms with Gasteiger partial charge >= 0.3 is 0 Å². The molecule has 0 atom stereocenters. The van der Waals surface area contributed by atoms with E-state index in [2.05, 4.69) is 42.6 Å². The predicted octanol–water partition coefficient (Wildman–Crippen LogP) is 3.82. The normalized spacial score (nSPS) is 14.4. The second-order valence-electron chi connectivity index (χ2n) is 4.62. The summed E-state index contributed by atoms with van der Waals surface area (Å²) in [6.07, 6.45) is 8.83. The van der Waals surface area contributed by atoms with Crippen molar-refractivity contribution in [3.63, 3.8) is 0 Å². The van der Waals surface area contributed by atoms with Crippen molar-refractivity contribution >= 4 is 0 Å². The van der Waals surface area contributed by atoms with Crippen molar-refractivity contribution in [2.24, 2.45) is 0 Å². The zero-order valence-electron chi connectivity index (χ0n) is 10.0. The third-order valence-electron chi connectivity index (χ3n) is 3.26. The fourth-order valence-electron chi connectivity index (χ4n) is 2.31. The molecule has 0 saturated carbocycles. The van der Waals surface area contributed by atoms with Gasteiger partial charge in [-0.15, -0.1) is 0 Å². The van der Waals surface area contributed by atoms with Crippen molar-refractivity contribution in [3.8, 4) is 11.3 Å². The molecule has 1 aliphatic carbocycles. The molecule has 0 unspecified atom stereocenters. The Bertz CT molecular complexity index is 543. The molecular weight excluding hydrogens is 206 g/mol. The second-order valence-corrected chi connectivity index (χ2v) is 4.62. The Balaban J connectivity index is 2.04. The summed E-state index contributed by atoms with van der Waals surface area (Å²) in [6, 6.07) is 10.8. The molecule has 3 rings (SSSR count). The Hall–Kier alpha value is -1.63. The summed E-state index contributed by atoms with van der Waals surface area (Å²) in [4.78, 5) is 4.43. The van der Waals surface area contributed by atoms with Crippen LogP contribution < -0.4 is 0 Å². The summed E-state index contributed by atoms with van der Waals surface area (Å²) >= 11 is 0. The van der Waals surface area contributed by atoms with Crippen LogP contribution >= 0.6 is 0 Å². The highest BCUT2D eigenvalue weighted by Gasteiger charge is 2.11. The number of nitrogens with zero attached hydrogens (tertiary/aromatic N) is 1. The van der Waals surface area contributed by atoms with Gasteiger partial charge in [-0.1, -0.05) is 12.1 Å². The van der Waals surface area contributed by atoms with Crippen LogP contribution in [0.15, 0.2) is 36.5 Å². The SMILES string of the molecule is Cc1ccnc(-c2ccc3c(c2)[C]CCC3)c1. The van der Waals surface area contributed by atoms with Crippen LogP contribution in [0.3, 0.4) is 0 Å². The van der Waals surface area contributed by atoms with E-state index in [-0.39, 0.29) is 0 Å². The van der Waals surface area contributed by atoms with Crippen LogP contribution in [-0.4, -0.2) is 4.98 Å². The smallest absolute Gasteiger partial charge is 0.0704 e. The van der Waals surface area contributed by atoms with Gasteiger partial charge in [0.1, 0.15) is 0 Å². The van der Waals surface area contributed by atoms with Gasteiger partial charge in [0.15, 0.2) is 0 Å². The second kappa shape index (κ2) is 4.33. The van der Waals surface area contributed by atoms with E-state index in [0.29, 0.717) is 0 Å². The standard InChI is InChI=1S/C16H15N/c1-12-8-9-17-16(10-12)15-7-6-13-4-2-3-5-14(13)11-15/h6-11H,2-4H2,1H3. The molecule has 0 saturated heterocycles. The van der Waals surface area contributed by atoms with E-state index in [9.17, 15) is 0 Å². The van der Waals surface area contributed by atoms with Crippen LogP contribution in [0.1, 0.15) is 29.5 Å². The quantitative estimate of drug-likeness (QED) is 0.713. The van der Waals surface area contributed by atoms with Gasteiger partial charge in [-0.3, -0.25) is 4.98 Å². The van der Waals surface area contributed by atoms with Gasteiger partial charge in [-0.2, -0.15) is 0 Å². The Labute approximate surface area is 103 Å². The van der Waals surface area contributed by atoms with Crippen molar-refractivity contribution in [1.29, 1.82) is 0 Å². The topological polar surface area (TPSA) is 12.9 Å². The lowest BCUT2D eigenvalue weighted by Gasteiger charge is -2.15. The Kier molecular flexibility index (Phi) is 2.68. The summed E-state index contributed by atoms with van der Waals surface area (Å²) in [6.45, 7) is 2.10. The molecule has 0 aliphatic heterocycles. The molecule has 1 aromatic heterocycles. The largest absolute Gasteiger partial charge is 0.256 e. The van der Waals surface area contributed by atoms with Crippen molar-refractivity contribution in [2.75, 3.05) is 0 Å². The molecular formula is C16H15N. The average Bonchev–Trinajstić information content (AvgIpc) is 2.38. The van der Waals surface area contributed by atoms with Gasteiger partial charge in [-0.25, -0.2) is 0 Å². The minimum atomic E-state index is 1.06. The molecule has 2 radical (unpaired) electrons. The average molecular weight is 221 g/mol. The third kappa shape index (κ3) is 2.10. The highest BCUT2D eigenvalue weighted by atomic mass is 14.7. The van der Waals surface area contributed by atoms with Crippen LogP contribution in [0.25, 0.3) is 11.3 Å². The number of pyridine rings is 1. The number of aryl methyl sites for hydroxylation is 2. The van der Waals surface area contributed by atoms with E-state index in [4.69, 9.17) is 0 Å². The van der Waals surface area contributed by atoms with E-state index in [1.165, 1.54) is 35.1 Å². The summed E-state index contributed by atoms with van der Waals surface area (Å²) in [5, 5.41) is 0. The van der Waals surface area contributed by atoms with Gasteiger partial charge in [-0.05, 0) is 61.1 Å². The number of aromatic nitrogens is 1. The molecule has 2 aromatic rings. The first kappa shape index (κ1) is 10.5. The van der Waals surface area contributed by atoms with Gasteiger partial charge < -0.3 is 0 Å². The lowest BCUT2D eigenvalue weighted by Crippen LogP contribution is -2.00. The minimum absolute atomic E-state index is 1.06. The van der Waals surface area contributed by atoms with Gasteiger partial charge in [0.25, 0.3) is 0 Å². The monoisotopic (exact) mass is 221 g/mol. The van der Waals surface area contributed by atoms with Gasteiger partial charge in [0, 0.05) is 18.2 Å². The molecule has 1 aliphatic rings. The van der Waals surface area contributed by atoms with E-state index in [1.54, 1.807) is 0 Å². The minimum Gasteiger partial charge on any atom is -0.256 e. The van der Waals surface area contributed by atoms with E-state index < -0.39 is 0 Å². The summed E-state index contributed by atoms with van der Waals surface area (Å²) < 4.78 is 0. The summed E-state index contributed by atoms with van der Waals surface area (Å²) in [5.41, 5.74) is 6.20. The van der Waals surface area contributed by atoms with Crippen LogP contribution in [-0.2, 0) is 6.42 Å². The molecule has 17 heavy (non-hydrogen) atoms. The first-order chi connectivity index (χ1) is 8.33. The highest BCUT2D eigenvalue weighted by molar-refractivity contribution is 5.62. The van der Waals surface area contributed by atoms with Crippen molar-refractivity contribution in [1.82, 2.24) is 4.98 Å². The maximum Gasteiger partial charge on any atom is 0.0704 e. The molecule has 0 spiro atoms. The van der Waals surface area contributed by atoms with Crippen LogP contribution in [0.5, 0.6) is 0 Å². The fourth-order valence-corrected chi connectivity index (χ4v) is 2.31. The van der Waals surface area contributed by atoms with Crippen LogP contribution in [0.4, 0.5) is 0 Å². The predicted molar refractivity (Wildman–Crippen MR) is 69.7 cm³/mol. The van der Waals surface area contributed by atoms with E-state index in [1.807, 2.05) is 12.3 Å². The van der Waals surface area contributed by atoms with Gasteiger partial charge in [0.2, 0.25) is 0 Å². The number of benzene rings is 1. The van der Waals surface area contributed by atoms with Gasteiger partial charge in [0.05, 0.1) is 5.69 Å². The first-order valence-electron chi connectivity index (χ1n) is 6.13. The Morgan fingerprint density at radius 3 is 3.00 bits per heavy atom. The molecule has 1 nitrogen and oxygen atoms in total. The van der Waals surface area contributed by atoms with E-state index >= 15 is 0 Å². The number of rotatable bonds is 1. The lowest BCUT2D eigenvalue weighted by atomic mass is 9.90.